The van der Waals surface area contributed by atoms with Crippen LogP contribution in [0.4, 0.5) is 0 Å². The zero-order chi connectivity index (χ0) is 8.27. The van der Waals surface area contributed by atoms with Crippen LogP contribution in [0.25, 0.3) is 0 Å². The molecular formula is C9H21NSi. The predicted molar refractivity (Wildman–Crippen MR) is 54.0 cm³/mol. The summed E-state index contributed by atoms with van der Waals surface area (Å²) in [5, 5.41) is 3.30. The van der Waals surface area contributed by atoms with Gasteiger partial charge in [0.05, 0.1) is 0 Å². The highest BCUT2D eigenvalue weighted by molar-refractivity contribution is 6.62. The van der Waals surface area contributed by atoms with E-state index in [1.165, 1.54) is 19.4 Å². The molecule has 1 rings (SSSR count). The van der Waals surface area contributed by atoms with Gasteiger partial charge in [-0.1, -0.05) is 38.3 Å². The Labute approximate surface area is 72.2 Å². The van der Waals surface area contributed by atoms with E-state index in [1.54, 1.807) is 6.04 Å². The Morgan fingerprint density at radius 3 is 2.82 bits per heavy atom. The molecular weight excluding hydrogens is 150 g/mol. The second-order valence-electron chi connectivity index (χ2n) is 4.11. The molecule has 0 amide bonds. The van der Waals surface area contributed by atoms with Crippen LogP contribution in [0.2, 0.25) is 17.1 Å². The lowest BCUT2D eigenvalue weighted by Crippen LogP contribution is -2.26. The molecule has 3 atom stereocenters. The maximum absolute atomic E-state index is 3.30. The van der Waals surface area contributed by atoms with Crippen molar-refractivity contribution in [2.24, 2.45) is 0 Å². The molecule has 0 radical (unpaired) electrons. The summed E-state index contributed by atoms with van der Waals surface area (Å²) in [6.45, 7) is 6.16. The summed E-state index contributed by atoms with van der Waals surface area (Å²) in [7, 11) is 1.72. The average Bonchev–Trinajstić information content (AvgIpc) is 2.36. The minimum Gasteiger partial charge on any atom is -0.320 e. The molecule has 0 aromatic carbocycles. The minimum absolute atomic E-state index is 0.349. The topological polar surface area (TPSA) is 12.0 Å². The smallest absolute Gasteiger partial charge is 0.0438 e. The van der Waals surface area contributed by atoms with Crippen molar-refractivity contribution in [3.05, 3.63) is 0 Å². The lowest BCUT2D eigenvalue weighted by atomic mass is 10.3. The highest BCUT2D eigenvalue weighted by Crippen LogP contribution is 2.35. The summed E-state index contributed by atoms with van der Waals surface area (Å²) in [6, 6.07) is 1.60. The molecule has 1 aliphatic heterocycles. The van der Waals surface area contributed by atoms with Crippen molar-refractivity contribution >= 4 is 8.80 Å². The second kappa shape index (κ2) is 4.26. The van der Waals surface area contributed by atoms with Gasteiger partial charge in [-0.3, -0.25) is 0 Å². The van der Waals surface area contributed by atoms with Crippen LogP contribution in [0.1, 0.15) is 26.7 Å². The molecule has 0 aromatic heterocycles. The first-order valence-corrected chi connectivity index (χ1v) is 7.05. The molecule has 0 saturated carbocycles. The number of rotatable bonds is 3. The van der Waals surface area contributed by atoms with Crippen LogP contribution < -0.4 is 5.32 Å². The molecule has 66 valence electrons. The van der Waals surface area contributed by atoms with E-state index in [0.29, 0.717) is 0 Å². The monoisotopic (exact) mass is 171 g/mol. The molecule has 11 heavy (non-hydrogen) atoms. The summed E-state index contributed by atoms with van der Waals surface area (Å²) < 4.78 is 0. The first-order chi connectivity index (χ1) is 5.25. The molecule has 1 aliphatic rings. The van der Waals surface area contributed by atoms with Gasteiger partial charge < -0.3 is 5.32 Å². The molecule has 1 N–H and O–H groups in total. The van der Waals surface area contributed by atoms with Gasteiger partial charge in [0, 0.05) is 8.80 Å². The zero-order valence-electron chi connectivity index (χ0n) is 8.06. The predicted octanol–water partition coefficient (Wildman–Crippen LogP) is 2.01. The van der Waals surface area contributed by atoms with Crippen LogP contribution in [0.5, 0.6) is 0 Å². The van der Waals surface area contributed by atoms with Crippen molar-refractivity contribution in [1.82, 2.24) is 5.32 Å². The van der Waals surface area contributed by atoms with Crippen LogP contribution in [-0.4, -0.2) is 22.4 Å². The number of nitrogens with one attached hydrogen (secondary N) is 1. The Kier molecular flexibility index (Phi) is 3.59. The van der Waals surface area contributed by atoms with Gasteiger partial charge in [-0.05, 0) is 19.1 Å². The highest BCUT2D eigenvalue weighted by Gasteiger charge is 2.28. The van der Waals surface area contributed by atoms with Gasteiger partial charge in [0.1, 0.15) is 0 Å². The average molecular weight is 171 g/mol. The maximum Gasteiger partial charge on any atom is 0.0438 e. The third kappa shape index (κ3) is 2.31. The van der Waals surface area contributed by atoms with Crippen LogP contribution in [0.15, 0.2) is 0 Å². The lowest BCUT2D eigenvalue weighted by molar-refractivity contribution is 0.743. The Bertz CT molecular complexity index is 116. The summed E-state index contributed by atoms with van der Waals surface area (Å²) in [4.78, 5) is 0. The Hall–Kier alpha value is 0.177. The molecule has 1 nitrogen and oxygen atoms in total. The third-order valence-corrected chi connectivity index (χ3v) is 7.75. The van der Waals surface area contributed by atoms with E-state index in [4.69, 9.17) is 0 Å². The van der Waals surface area contributed by atoms with Gasteiger partial charge in [-0.2, -0.15) is 0 Å². The van der Waals surface area contributed by atoms with E-state index in [1.807, 2.05) is 0 Å². The normalized spacial score (nSPS) is 34.1. The molecule has 0 spiro atoms. The Morgan fingerprint density at radius 1 is 1.64 bits per heavy atom. The molecule has 0 aliphatic carbocycles. The first kappa shape index (κ1) is 9.27. The summed E-state index contributed by atoms with van der Waals surface area (Å²) >= 11 is 0. The quantitative estimate of drug-likeness (QED) is 0.641. The van der Waals surface area contributed by atoms with Gasteiger partial charge in [0.25, 0.3) is 0 Å². The van der Waals surface area contributed by atoms with Gasteiger partial charge in [0.15, 0.2) is 0 Å². The molecule has 2 heteroatoms. The maximum atomic E-state index is 3.30. The fourth-order valence-corrected chi connectivity index (χ4v) is 6.66. The van der Waals surface area contributed by atoms with Gasteiger partial charge in [-0.15, -0.1) is 0 Å². The summed E-state index contributed by atoms with van der Waals surface area (Å²) in [6.07, 6.45) is 3.04. The van der Waals surface area contributed by atoms with Crippen molar-refractivity contribution in [3.63, 3.8) is 0 Å². The van der Waals surface area contributed by atoms with Crippen LogP contribution in [-0.2, 0) is 0 Å². The lowest BCUT2D eigenvalue weighted by Gasteiger charge is -2.21. The molecule has 1 fully saturated rings. The van der Waals surface area contributed by atoms with E-state index in [-0.39, 0.29) is 8.80 Å². The van der Waals surface area contributed by atoms with Crippen molar-refractivity contribution in [1.29, 1.82) is 0 Å². The first-order valence-electron chi connectivity index (χ1n) is 4.90. The summed E-state index contributed by atoms with van der Waals surface area (Å²) in [5.74, 6) is 0. The Balaban J connectivity index is 2.33. The zero-order valence-corrected chi connectivity index (χ0v) is 9.22. The third-order valence-electron chi connectivity index (χ3n) is 3.18. The van der Waals surface area contributed by atoms with E-state index < -0.39 is 0 Å². The SMILES string of the molecule is CNCC(C)[SiH]1CCCC1C. The van der Waals surface area contributed by atoms with Crippen LogP contribution in [0.3, 0.4) is 0 Å². The summed E-state index contributed by atoms with van der Waals surface area (Å²) in [5.41, 5.74) is 2.12. The molecule has 1 saturated heterocycles. The van der Waals surface area contributed by atoms with E-state index in [0.717, 1.165) is 11.1 Å². The van der Waals surface area contributed by atoms with Gasteiger partial charge in [0.2, 0.25) is 0 Å². The molecule has 0 bridgehead atoms. The van der Waals surface area contributed by atoms with E-state index in [9.17, 15) is 0 Å². The molecule has 1 heterocycles. The fraction of sp³-hybridized carbons (Fsp3) is 1.00. The van der Waals surface area contributed by atoms with Crippen LogP contribution >= 0.6 is 0 Å². The fourth-order valence-electron chi connectivity index (χ4n) is 2.49. The van der Waals surface area contributed by atoms with E-state index >= 15 is 0 Å². The Morgan fingerprint density at radius 2 is 2.36 bits per heavy atom. The van der Waals surface area contributed by atoms with Gasteiger partial charge in [-0.25, -0.2) is 0 Å². The van der Waals surface area contributed by atoms with Crippen molar-refractivity contribution in [3.8, 4) is 0 Å². The van der Waals surface area contributed by atoms with E-state index in [2.05, 4.69) is 26.2 Å². The largest absolute Gasteiger partial charge is 0.320 e. The van der Waals surface area contributed by atoms with Crippen molar-refractivity contribution < 1.29 is 0 Å². The number of hydrogen-bond acceptors (Lipinski definition) is 1. The molecule has 0 aromatic rings. The standard InChI is InChI=1S/C9H21NSi/c1-8-5-4-6-11(8)9(2)7-10-3/h8-11H,4-7H2,1-3H3. The van der Waals surface area contributed by atoms with Crippen molar-refractivity contribution in [2.75, 3.05) is 13.6 Å². The van der Waals surface area contributed by atoms with Crippen LogP contribution in [0, 0.1) is 0 Å². The van der Waals surface area contributed by atoms with Crippen molar-refractivity contribution in [2.45, 2.75) is 43.8 Å². The molecule has 3 unspecified atom stereocenters. The minimum atomic E-state index is -0.349. The van der Waals surface area contributed by atoms with Gasteiger partial charge >= 0.3 is 0 Å². The number of hydrogen-bond donors (Lipinski definition) is 1. The second-order valence-corrected chi connectivity index (χ2v) is 8.29. The highest BCUT2D eigenvalue weighted by atomic mass is 28.3.